The third-order valence-electron chi connectivity index (χ3n) is 2.01. The van der Waals surface area contributed by atoms with Crippen molar-refractivity contribution < 1.29 is 22.7 Å². The average molecular weight is 311 g/mol. The highest BCUT2D eigenvalue weighted by molar-refractivity contribution is 6.29. The monoisotopic (exact) mass is 310 g/mol. The van der Waals surface area contributed by atoms with Gasteiger partial charge in [-0.05, 0) is 26.8 Å². The van der Waals surface area contributed by atoms with Crippen LogP contribution in [0.4, 0.5) is 13.2 Å². The molecular formula is C12H14ClF3N2O2. The van der Waals surface area contributed by atoms with Crippen LogP contribution in [0.5, 0.6) is 0 Å². The minimum atomic E-state index is -4.68. The van der Waals surface area contributed by atoms with Crippen LogP contribution >= 0.6 is 11.6 Å². The number of aromatic nitrogens is 2. The van der Waals surface area contributed by atoms with Crippen LogP contribution in [0, 0.1) is 0 Å². The van der Waals surface area contributed by atoms with Crippen LogP contribution in [0.2, 0.25) is 5.15 Å². The summed E-state index contributed by atoms with van der Waals surface area (Å²) in [5, 5.41) is -0.313. The molecule has 0 aliphatic carbocycles. The Labute approximate surface area is 119 Å². The van der Waals surface area contributed by atoms with Crippen LogP contribution in [0.3, 0.4) is 0 Å². The highest BCUT2D eigenvalue weighted by Gasteiger charge is 2.35. The Balaban J connectivity index is 2.74. The summed E-state index contributed by atoms with van der Waals surface area (Å²) in [6, 6.07) is 1.20. The van der Waals surface area contributed by atoms with Crippen molar-refractivity contribution in [2.24, 2.45) is 0 Å². The minimum absolute atomic E-state index is 0.000231. The van der Waals surface area contributed by atoms with Crippen molar-refractivity contribution in [1.29, 1.82) is 0 Å². The van der Waals surface area contributed by atoms with Gasteiger partial charge in [0.15, 0.2) is 0 Å². The molecule has 1 rings (SSSR count). The lowest BCUT2D eigenvalue weighted by Gasteiger charge is -2.19. The number of alkyl halides is 3. The van der Waals surface area contributed by atoms with Crippen molar-refractivity contribution in [3.8, 4) is 0 Å². The molecule has 0 spiro atoms. The maximum Gasteiger partial charge on any atom is 0.451 e. The number of carbonyl (C=O) groups is 1. The SMILES string of the molecule is CC(C)(C)OC(=O)CCc1cc(Cl)nc(C(F)(F)F)n1. The number of esters is 1. The van der Waals surface area contributed by atoms with Gasteiger partial charge in [0, 0.05) is 12.1 Å². The van der Waals surface area contributed by atoms with E-state index in [-0.39, 0.29) is 23.7 Å². The van der Waals surface area contributed by atoms with E-state index in [2.05, 4.69) is 9.97 Å². The number of nitrogens with zero attached hydrogens (tertiary/aromatic N) is 2. The summed E-state index contributed by atoms with van der Waals surface area (Å²) in [6.07, 6.45) is -4.76. The Bertz CT molecular complexity index is 498. The average Bonchev–Trinajstić information content (AvgIpc) is 2.22. The highest BCUT2D eigenvalue weighted by atomic mass is 35.5. The molecule has 1 aromatic heterocycles. The standard InChI is InChI=1S/C12H14ClF3N2O2/c1-11(2,3)20-9(19)5-4-7-6-8(13)18-10(17-7)12(14,15)16/h6H,4-5H2,1-3H3. The molecular weight excluding hydrogens is 297 g/mol. The van der Waals surface area contributed by atoms with Crippen molar-refractivity contribution in [2.75, 3.05) is 0 Å². The molecule has 0 fully saturated rings. The predicted octanol–water partition coefficient (Wildman–Crippen LogP) is 3.42. The van der Waals surface area contributed by atoms with Gasteiger partial charge in [-0.3, -0.25) is 4.79 Å². The van der Waals surface area contributed by atoms with E-state index in [1.807, 2.05) is 0 Å². The molecule has 0 aliphatic heterocycles. The highest BCUT2D eigenvalue weighted by Crippen LogP contribution is 2.27. The zero-order valence-electron chi connectivity index (χ0n) is 11.2. The van der Waals surface area contributed by atoms with E-state index < -0.39 is 23.6 Å². The van der Waals surface area contributed by atoms with Crippen molar-refractivity contribution in [3.05, 3.63) is 22.7 Å². The fourth-order valence-corrected chi connectivity index (χ4v) is 1.55. The summed E-state index contributed by atoms with van der Waals surface area (Å²) >= 11 is 5.51. The van der Waals surface area contributed by atoms with E-state index >= 15 is 0 Å². The molecule has 0 aromatic carbocycles. The topological polar surface area (TPSA) is 52.1 Å². The maximum atomic E-state index is 12.5. The molecule has 0 unspecified atom stereocenters. The Hall–Kier alpha value is -1.37. The zero-order chi connectivity index (χ0) is 15.6. The Morgan fingerprint density at radius 3 is 2.40 bits per heavy atom. The lowest BCUT2D eigenvalue weighted by molar-refractivity contribution is -0.154. The maximum absolute atomic E-state index is 12.5. The van der Waals surface area contributed by atoms with Gasteiger partial charge in [0.2, 0.25) is 5.82 Å². The van der Waals surface area contributed by atoms with Crippen LogP contribution < -0.4 is 0 Å². The van der Waals surface area contributed by atoms with Crippen molar-refractivity contribution in [1.82, 2.24) is 9.97 Å². The van der Waals surface area contributed by atoms with Gasteiger partial charge in [-0.1, -0.05) is 11.6 Å². The summed E-state index contributed by atoms with van der Waals surface area (Å²) in [5.41, 5.74) is -0.597. The first-order valence-corrected chi connectivity index (χ1v) is 6.18. The summed E-state index contributed by atoms with van der Waals surface area (Å²) in [6.45, 7) is 5.11. The lowest BCUT2D eigenvalue weighted by atomic mass is 10.2. The predicted molar refractivity (Wildman–Crippen MR) is 66.2 cm³/mol. The third-order valence-corrected chi connectivity index (χ3v) is 2.20. The molecule has 0 N–H and O–H groups in total. The van der Waals surface area contributed by atoms with Gasteiger partial charge < -0.3 is 4.74 Å². The molecule has 0 saturated carbocycles. The number of halogens is 4. The molecule has 1 heterocycles. The molecule has 112 valence electrons. The minimum Gasteiger partial charge on any atom is -0.460 e. The quantitative estimate of drug-likeness (QED) is 0.634. The number of hydrogen-bond donors (Lipinski definition) is 0. The summed E-state index contributed by atoms with van der Waals surface area (Å²) in [5.74, 6) is -1.83. The Kier molecular flexibility index (Phi) is 4.96. The molecule has 8 heteroatoms. The van der Waals surface area contributed by atoms with E-state index in [0.29, 0.717) is 0 Å². The fraction of sp³-hybridized carbons (Fsp3) is 0.583. The largest absolute Gasteiger partial charge is 0.460 e. The van der Waals surface area contributed by atoms with Gasteiger partial charge in [-0.2, -0.15) is 13.2 Å². The fourth-order valence-electron chi connectivity index (χ4n) is 1.34. The molecule has 0 amide bonds. The second-order valence-electron chi connectivity index (χ2n) is 5.09. The number of carbonyl (C=O) groups excluding carboxylic acids is 1. The second-order valence-corrected chi connectivity index (χ2v) is 5.48. The van der Waals surface area contributed by atoms with Crippen LogP contribution in [-0.4, -0.2) is 21.5 Å². The van der Waals surface area contributed by atoms with Crippen LogP contribution in [-0.2, 0) is 22.1 Å². The van der Waals surface area contributed by atoms with E-state index in [1.165, 1.54) is 6.07 Å². The van der Waals surface area contributed by atoms with Gasteiger partial charge in [0.1, 0.15) is 10.8 Å². The zero-order valence-corrected chi connectivity index (χ0v) is 12.0. The van der Waals surface area contributed by atoms with Crippen molar-refractivity contribution in [2.45, 2.75) is 45.4 Å². The van der Waals surface area contributed by atoms with Crippen molar-refractivity contribution >= 4 is 17.6 Å². The summed E-state index contributed by atoms with van der Waals surface area (Å²) in [4.78, 5) is 17.9. The Morgan fingerprint density at radius 2 is 1.90 bits per heavy atom. The van der Waals surface area contributed by atoms with E-state index in [0.717, 1.165) is 0 Å². The first-order chi connectivity index (χ1) is 8.97. The van der Waals surface area contributed by atoms with Gasteiger partial charge in [0.25, 0.3) is 0 Å². The van der Waals surface area contributed by atoms with Gasteiger partial charge in [0.05, 0.1) is 6.42 Å². The third kappa shape index (κ3) is 5.73. The van der Waals surface area contributed by atoms with E-state index in [1.54, 1.807) is 20.8 Å². The smallest absolute Gasteiger partial charge is 0.451 e. The van der Waals surface area contributed by atoms with Crippen LogP contribution in [0.25, 0.3) is 0 Å². The molecule has 0 bridgehead atoms. The van der Waals surface area contributed by atoms with Crippen molar-refractivity contribution in [3.63, 3.8) is 0 Å². The van der Waals surface area contributed by atoms with E-state index in [4.69, 9.17) is 16.3 Å². The van der Waals surface area contributed by atoms with Gasteiger partial charge in [-0.15, -0.1) is 0 Å². The van der Waals surface area contributed by atoms with Crippen LogP contribution in [0.1, 0.15) is 38.7 Å². The molecule has 0 radical (unpaired) electrons. The molecule has 4 nitrogen and oxygen atoms in total. The molecule has 0 aliphatic rings. The summed E-state index contributed by atoms with van der Waals surface area (Å²) < 4.78 is 42.5. The number of rotatable bonds is 3. The van der Waals surface area contributed by atoms with E-state index in [9.17, 15) is 18.0 Å². The molecule has 0 atom stereocenters. The Morgan fingerprint density at radius 1 is 1.30 bits per heavy atom. The second kappa shape index (κ2) is 5.95. The number of ether oxygens (including phenoxy) is 1. The summed E-state index contributed by atoms with van der Waals surface area (Å²) in [7, 11) is 0. The lowest BCUT2D eigenvalue weighted by Crippen LogP contribution is -2.24. The first kappa shape index (κ1) is 16.7. The van der Waals surface area contributed by atoms with Gasteiger partial charge in [-0.25, -0.2) is 9.97 Å². The van der Waals surface area contributed by atoms with Crippen LogP contribution in [0.15, 0.2) is 6.07 Å². The normalized spacial score (nSPS) is 12.3. The molecule has 20 heavy (non-hydrogen) atoms. The number of hydrogen-bond acceptors (Lipinski definition) is 4. The first-order valence-electron chi connectivity index (χ1n) is 5.80. The molecule has 0 saturated heterocycles. The van der Waals surface area contributed by atoms with Gasteiger partial charge >= 0.3 is 12.1 Å². The molecule has 1 aromatic rings. The number of aryl methyl sites for hydroxylation is 1.